The van der Waals surface area contributed by atoms with Crippen molar-refractivity contribution in [1.29, 1.82) is 0 Å². The van der Waals surface area contributed by atoms with Crippen molar-refractivity contribution >= 4 is 10.0 Å². The number of aliphatic hydroxyl groups is 1. The SMILES string of the molecule is CCCn1cc(S(=O)(=O)N(C)C2CCCCC2)cc1CO. The van der Waals surface area contributed by atoms with Gasteiger partial charge in [-0.25, -0.2) is 8.42 Å². The normalized spacial score (nSPS) is 17.5. The zero-order valence-electron chi connectivity index (χ0n) is 13.0. The quantitative estimate of drug-likeness (QED) is 0.876. The maximum absolute atomic E-state index is 12.7. The zero-order chi connectivity index (χ0) is 15.5. The van der Waals surface area contributed by atoms with E-state index in [1.807, 2.05) is 11.5 Å². The van der Waals surface area contributed by atoms with Gasteiger partial charge >= 0.3 is 0 Å². The maximum Gasteiger partial charge on any atom is 0.244 e. The van der Waals surface area contributed by atoms with Crippen LogP contribution in [0.5, 0.6) is 0 Å². The van der Waals surface area contributed by atoms with E-state index in [4.69, 9.17) is 0 Å². The minimum Gasteiger partial charge on any atom is -0.390 e. The fourth-order valence-electron chi connectivity index (χ4n) is 3.05. The van der Waals surface area contributed by atoms with E-state index < -0.39 is 10.0 Å². The summed E-state index contributed by atoms with van der Waals surface area (Å²) in [5.74, 6) is 0. The minimum atomic E-state index is -3.47. The lowest BCUT2D eigenvalue weighted by atomic mass is 9.96. The van der Waals surface area contributed by atoms with Gasteiger partial charge in [-0.1, -0.05) is 26.2 Å². The summed E-state index contributed by atoms with van der Waals surface area (Å²) in [6.07, 6.45) is 7.85. The van der Waals surface area contributed by atoms with E-state index in [1.54, 1.807) is 19.3 Å². The Morgan fingerprint density at radius 1 is 1.33 bits per heavy atom. The molecule has 0 radical (unpaired) electrons. The molecule has 1 aliphatic carbocycles. The van der Waals surface area contributed by atoms with E-state index in [9.17, 15) is 13.5 Å². The second kappa shape index (κ2) is 6.94. The third-order valence-corrected chi connectivity index (χ3v) is 6.23. The predicted molar refractivity (Wildman–Crippen MR) is 82.5 cm³/mol. The third kappa shape index (κ3) is 3.49. The van der Waals surface area contributed by atoms with Crippen LogP contribution in [0.1, 0.15) is 51.1 Å². The van der Waals surface area contributed by atoms with Gasteiger partial charge in [0.15, 0.2) is 0 Å². The van der Waals surface area contributed by atoms with E-state index >= 15 is 0 Å². The van der Waals surface area contributed by atoms with E-state index in [0.717, 1.165) is 38.6 Å². The minimum absolute atomic E-state index is 0.107. The van der Waals surface area contributed by atoms with Gasteiger partial charge in [0.2, 0.25) is 10.0 Å². The predicted octanol–water partition coefficient (Wildman–Crippen LogP) is 2.34. The molecule has 0 saturated heterocycles. The molecule has 0 amide bonds. The number of aliphatic hydroxyl groups excluding tert-OH is 1. The van der Waals surface area contributed by atoms with Gasteiger partial charge in [0.25, 0.3) is 0 Å². The standard InChI is InChI=1S/C15H26N2O3S/c1-3-9-17-11-15(10-14(17)12-18)21(19,20)16(2)13-7-5-4-6-8-13/h10-11,13,18H,3-9,12H2,1-2H3. The second-order valence-corrected chi connectivity index (χ2v) is 7.83. The largest absolute Gasteiger partial charge is 0.390 e. The van der Waals surface area contributed by atoms with Crippen molar-refractivity contribution in [3.8, 4) is 0 Å². The number of nitrogens with zero attached hydrogens (tertiary/aromatic N) is 2. The van der Waals surface area contributed by atoms with Crippen molar-refractivity contribution in [2.45, 2.75) is 69.5 Å². The highest BCUT2D eigenvalue weighted by molar-refractivity contribution is 7.89. The number of aromatic nitrogens is 1. The van der Waals surface area contributed by atoms with Gasteiger partial charge in [0.05, 0.1) is 6.61 Å². The first-order chi connectivity index (χ1) is 10.0. The molecule has 1 aromatic heterocycles. The second-order valence-electron chi connectivity index (χ2n) is 5.83. The lowest BCUT2D eigenvalue weighted by molar-refractivity contribution is 0.270. The number of sulfonamides is 1. The van der Waals surface area contributed by atoms with Crippen LogP contribution in [-0.2, 0) is 23.2 Å². The summed E-state index contributed by atoms with van der Waals surface area (Å²) in [7, 11) is -1.79. The van der Waals surface area contributed by atoms with E-state index in [0.29, 0.717) is 10.6 Å². The summed E-state index contributed by atoms with van der Waals surface area (Å²) in [5.41, 5.74) is 0.660. The van der Waals surface area contributed by atoms with Crippen LogP contribution in [0.25, 0.3) is 0 Å². The first-order valence-electron chi connectivity index (χ1n) is 7.78. The Morgan fingerprint density at radius 3 is 2.57 bits per heavy atom. The molecule has 6 heteroatoms. The van der Waals surface area contributed by atoms with E-state index in [1.165, 1.54) is 10.7 Å². The molecule has 0 aliphatic heterocycles. The Kier molecular flexibility index (Phi) is 5.46. The van der Waals surface area contributed by atoms with Crippen molar-refractivity contribution < 1.29 is 13.5 Å². The third-order valence-electron chi connectivity index (χ3n) is 4.35. The molecule has 0 aromatic carbocycles. The number of hydrogen-bond donors (Lipinski definition) is 1. The zero-order valence-corrected chi connectivity index (χ0v) is 13.8. The molecule has 0 unspecified atom stereocenters. The molecular weight excluding hydrogens is 288 g/mol. The Labute approximate surface area is 127 Å². The van der Waals surface area contributed by atoms with Crippen LogP contribution < -0.4 is 0 Å². The van der Waals surface area contributed by atoms with Crippen molar-refractivity contribution in [2.24, 2.45) is 0 Å². The fourth-order valence-corrected chi connectivity index (χ4v) is 4.54. The van der Waals surface area contributed by atoms with Gasteiger partial charge in [0.1, 0.15) is 4.90 Å². The van der Waals surface area contributed by atoms with Gasteiger partial charge in [0, 0.05) is 31.5 Å². The molecule has 1 N–H and O–H groups in total. The maximum atomic E-state index is 12.7. The summed E-state index contributed by atoms with van der Waals surface area (Å²) >= 11 is 0. The van der Waals surface area contributed by atoms with Gasteiger partial charge in [-0.3, -0.25) is 0 Å². The van der Waals surface area contributed by atoms with Gasteiger partial charge < -0.3 is 9.67 Å². The van der Waals surface area contributed by atoms with Gasteiger partial charge in [-0.15, -0.1) is 0 Å². The monoisotopic (exact) mass is 314 g/mol. The molecule has 1 aliphatic rings. The Balaban J connectivity index is 2.25. The summed E-state index contributed by atoms with van der Waals surface area (Å²) < 4.78 is 28.9. The highest BCUT2D eigenvalue weighted by Crippen LogP contribution is 2.27. The molecule has 1 fully saturated rings. The molecule has 1 aromatic rings. The average Bonchev–Trinajstić information content (AvgIpc) is 2.91. The first kappa shape index (κ1) is 16.5. The molecule has 1 saturated carbocycles. The van der Waals surface area contributed by atoms with Crippen LogP contribution in [-0.4, -0.2) is 35.5 Å². The van der Waals surface area contributed by atoms with Crippen LogP contribution >= 0.6 is 0 Å². The molecular formula is C15H26N2O3S. The van der Waals surface area contributed by atoms with Gasteiger partial charge in [-0.05, 0) is 25.3 Å². The molecule has 2 rings (SSSR count). The molecule has 0 spiro atoms. The highest BCUT2D eigenvalue weighted by atomic mass is 32.2. The number of hydrogen-bond acceptors (Lipinski definition) is 3. The molecule has 0 atom stereocenters. The lowest BCUT2D eigenvalue weighted by Gasteiger charge is -2.30. The van der Waals surface area contributed by atoms with Crippen molar-refractivity contribution in [3.63, 3.8) is 0 Å². The van der Waals surface area contributed by atoms with Gasteiger partial charge in [-0.2, -0.15) is 4.31 Å². The lowest BCUT2D eigenvalue weighted by Crippen LogP contribution is -2.38. The van der Waals surface area contributed by atoms with Crippen molar-refractivity contribution in [2.75, 3.05) is 7.05 Å². The van der Waals surface area contributed by atoms with Crippen molar-refractivity contribution in [1.82, 2.24) is 8.87 Å². The molecule has 1 heterocycles. The molecule has 0 bridgehead atoms. The topological polar surface area (TPSA) is 62.5 Å². The Morgan fingerprint density at radius 2 is 2.00 bits per heavy atom. The highest BCUT2D eigenvalue weighted by Gasteiger charge is 2.30. The van der Waals surface area contributed by atoms with Crippen LogP contribution in [0.2, 0.25) is 0 Å². The number of rotatable bonds is 6. The van der Waals surface area contributed by atoms with Crippen LogP contribution in [0.15, 0.2) is 17.2 Å². The number of aryl methyl sites for hydroxylation is 1. The smallest absolute Gasteiger partial charge is 0.244 e. The molecule has 21 heavy (non-hydrogen) atoms. The summed E-state index contributed by atoms with van der Waals surface area (Å²) in [4.78, 5) is 0.299. The molecule has 5 nitrogen and oxygen atoms in total. The summed E-state index contributed by atoms with van der Waals surface area (Å²) in [6.45, 7) is 2.62. The van der Waals surface area contributed by atoms with Crippen LogP contribution in [0, 0.1) is 0 Å². The van der Waals surface area contributed by atoms with Crippen LogP contribution in [0.4, 0.5) is 0 Å². The Hall–Kier alpha value is -0.850. The summed E-state index contributed by atoms with van der Waals surface area (Å²) in [6, 6.07) is 1.71. The Bertz CT molecular complexity index is 559. The van der Waals surface area contributed by atoms with Crippen molar-refractivity contribution in [3.05, 3.63) is 18.0 Å². The molecule has 120 valence electrons. The fraction of sp³-hybridized carbons (Fsp3) is 0.733. The van der Waals surface area contributed by atoms with Crippen LogP contribution in [0.3, 0.4) is 0 Å². The van der Waals surface area contributed by atoms with E-state index in [-0.39, 0.29) is 12.6 Å². The van der Waals surface area contributed by atoms with E-state index in [2.05, 4.69) is 0 Å². The first-order valence-corrected chi connectivity index (χ1v) is 9.22. The summed E-state index contributed by atoms with van der Waals surface area (Å²) in [5, 5.41) is 9.38. The average molecular weight is 314 g/mol.